The SMILES string of the molecule is Cc1cccc(-n2nc(-c3ccco3)cc2C(=O)N(CCC#N)Cc2cccnc2)c1. The molecule has 31 heavy (non-hydrogen) atoms. The monoisotopic (exact) mass is 411 g/mol. The van der Waals surface area contributed by atoms with Gasteiger partial charge in [0.05, 0.1) is 24.4 Å². The van der Waals surface area contributed by atoms with Gasteiger partial charge in [-0.05, 0) is 48.4 Å². The van der Waals surface area contributed by atoms with Gasteiger partial charge in [-0.25, -0.2) is 4.68 Å². The second-order valence-electron chi connectivity index (χ2n) is 7.14. The fourth-order valence-corrected chi connectivity index (χ4v) is 3.35. The second-order valence-corrected chi connectivity index (χ2v) is 7.14. The molecule has 0 bridgehead atoms. The third-order valence-corrected chi connectivity index (χ3v) is 4.83. The van der Waals surface area contributed by atoms with Crippen LogP contribution in [-0.4, -0.2) is 32.1 Å². The fraction of sp³-hybridized carbons (Fsp3) is 0.167. The Labute approximate surface area is 180 Å². The highest BCUT2D eigenvalue weighted by molar-refractivity contribution is 5.94. The van der Waals surface area contributed by atoms with Gasteiger partial charge < -0.3 is 9.32 Å². The molecule has 0 N–H and O–H groups in total. The Morgan fingerprint density at radius 3 is 2.81 bits per heavy atom. The summed E-state index contributed by atoms with van der Waals surface area (Å²) in [4.78, 5) is 19.4. The van der Waals surface area contributed by atoms with Crippen LogP contribution in [0.15, 0.2) is 77.7 Å². The van der Waals surface area contributed by atoms with Gasteiger partial charge in [0, 0.05) is 31.5 Å². The number of furan rings is 1. The molecule has 3 heterocycles. The molecular weight excluding hydrogens is 390 g/mol. The van der Waals surface area contributed by atoms with Crippen molar-refractivity contribution >= 4 is 5.91 Å². The Balaban J connectivity index is 1.76. The molecule has 1 aromatic carbocycles. The number of carbonyl (C=O) groups is 1. The van der Waals surface area contributed by atoms with E-state index in [1.54, 1.807) is 46.4 Å². The number of aromatic nitrogens is 3. The highest BCUT2D eigenvalue weighted by atomic mass is 16.3. The van der Waals surface area contributed by atoms with Gasteiger partial charge in [-0.1, -0.05) is 18.2 Å². The summed E-state index contributed by atoms with van der Waals surface area (Å²) in [5.74, 6) is 0.363. The van der Waals surface area contributed by atoms with E-state index in [-0.39, 0.29) is 12.3 Å². The van der Waals surface area contributed by atoms with Gasteiger partial charge in [0.15, 0.2) is 5.76 Å². The molecule has 0 radical (unpaired) electrons. The van der Waals surface area contributed by atoms with Crippen LogP contribution < -0.4 is 0 Å². The number of hydrogen-bond donors (Lipinski definition) is 0. The highest BCUT2D eigenvalue weighted by Crippen LogP contribution is 2.24. The van der Waals surface area contributed by atoms with E-state index in [0.717, 1.165) is 16.8 Å². The Morgan fingerprint density at radius 2 is 2.10 bits per heavy atom. The summed E-state index contributed by atoms with van der Waals surface area (Å²) in [6, 6.07) is 19.0. The summed E-state index contributed by atoms with van der Waals surface area (Å²) >= 11 is 0. The van der Waals surface area contributed by atoms with E-state index < -0.39 is 0 Å². The van der Waals surface area contributed by atoms with Crippen molar-refractivity contribution in [2.45, 2.75) is 19.9 Å². The van der Waals surface area contributed by atoms with Crippen molar-refractivity contribution in [1.82, 2.24) is 19.7 Å². The van der Waals surface area contributed by atoms with E-state index >= 15 is 0 Å². The molecule has 0 aliphatic rings. The van der Waals surface area contributed by atoms with Gasteiger partial charge >= 0.3 is 0 Å². The smallest absolute Gasteiger partial charge is 0.272 e. The molecule has 0 fully saturated rings. The topological polar surface area (TPSA) is 88.0 Å². The molecule has 0 spiro atoms. The normalized spacial score (nSPS) is 10.6. The second kappa shape index (κ2) is 9.09. The van der Waals surface area contributed by atoms with Crippen LogP contribution in [0, 0.1) is 18.3 Å². The molecular formula is C24H21N5O2. The van der Waals surface area contributed by atoms with Gasteiger partial charge in [-0.15, -0.1) is 0 Å². The number of carbonyl (C=O) groups excluding carboxylic acids is 1. The molecule has 0 aliphatic heterocycles. The zero-order valence-electron chi connectivity index (χ0n) is 17.1. The number of hydrogen-bond acceptors (Lipinski definition) is 5. The molecule has 154 valence electrons. The van der Waals surface area contributed by atoms with E-state index in [1.165, 1.54) is 0 Å². The van der Waals surface area contributed by atoms with Crippen LogP contribution in [0.5, 0.6) is 0 Å². The van der Waals surface area contributed by atoms with E-state index in [1.807, 2.05) is 43.3 Å². The van der Waals surface area contributed by atoms with Crippen LogP contribution in [0.25, 0.3) is 17.1 Å². The van der Waals surface area contributed by atoms with Gasteiger partial charge in [-0.2, -0.15) is 10.4 Å². The average molecular weight is 411 g/mol. The van der Waals surface area contributed by atoms with Crippen molar-refractivity contribution in [1.29, 1.82) is 5.26 Å². The highest BCUT2D eigenvalue weighted by Gasteiger charge is 2.24. The van der Waals surface area contributed by atoms with Crippen LogP contribution in [0.4, 0.5) is 0 Å². The van der Waals surface area contributed by atoms with Crippen LogP contribution in [0.1, 0.15) is 28.0 Å². The quantitative estimate of drug-likeness (QED) is 0.450. The molecule has 4 rings (SSSR count). The summed E-state index contributed by atoms with van der Waals surface area (Å²) < 4.78 is 7.13. The minimum atomic E-state index is -0.217. The Hall–Kier alpha value is -4.18. The maximum Gasteiger partial charge on any atom is 0.272 e. The van der Waals surface area contributed by atoms with Crippen LogP contribution in [0.3, 0.4) is 0 Å². The standard InChI is InChI=1S/C24H21N5O2/c1-18-6-2-8-20(14-18)29-22(15-21(27-29)23-9-4-13-31-23)24(30)28(12-5-10-25)17-19-7-3-11-26-16-19/h2-4,6-9,11,13-16H,5,12,17H2,1H3. The first-order valence-corrected chi connectivity index (χ1v) is 9.92. The van der Waals surface area contributed by atoms with E-state index in [9.17, 15) is 4.79 Å². The van der Waals surface area contributed by atoms with E-state index in [4.69, 9.17) is 9.68 Å². The zero-order valence-corrected chi connectivity index (χ0v) is 17.1. The lowest BCUT2D eigenvalue weighted by molar-refractivity contribution is 0.0737. The summed E-state index contributed by atoms with van der Waals surface area (Å²) in [6.45, 7) is 2.65. The molecule has 0 atom stereocenters. The third-order valence-electron chi connectivity index (χ3n) is 4.83. The van der Waals surface area contributed by atoms with E-state index in [0.29, 0.717) is 30.2 Å². The van der Waals surface area contributed by atoms with Crippen molar-refractivity contribution in [2.75, 3.05) is 6.54 Å². The number of nitriles is 1. The number of benzene rings is 1. The fourth-order valence-electron chi connectivity index (χ4n) is 3.35. The summed E-state index contributed by atoms with van der Waals surface area (Å²) in [7, 11) is 0. The Morgan fingerprint density at radius 1 is 1.19 bits per heavy atom. The average Bonchev–Trinajstić information content (AvgIpc) is 3.47. The zero-order chi connectivity index (χ0) is 21.6. The largest absolute Gasteiger partial charge is 0.463 e. The molecule has 4 aromatic rings. The lowest BCUT2D eigenvalue weighted by Gasteiger charge is -2.22. The number of pyridine rings is 1. The Bertz CT molecular complexity index is 1210. The van der Waals surface area contributed by atoms with Crippen molar-refractivity contribution in [3.8, 4) is 23.2 Å². The molecule has 0 saturated heterocycles. The summed E-state index contributed by atoms with van der Waals surface area (Å²) in [5, 5.41) is 13.7. The van der Waals surface area contributed by atoms with E-state index in [2.05, 4.69) is 16.2 Å². The van der Waals surface area contributed by atoms with Crippen molar-refractivity contribution in [2.24, 2.45) is 0 Å². The number of rotatable bonds is 7. The predicted molar refractivity (Wildman–Crippen MR) is 115 cm³/mol. The molecule has 3 aromatic heterocycles. The molecule has 0 unspecified atom stereocenters. The number of amides is 1. The van der Waals surface area contributed by atoms with Gasteiger partial charge in [0.2, 0.25) is 0 Å². The summed E-state index contributed by atoms with van der Waals surface area (Å²) in [6.07, 6.45) is 5.21. The molecule has 0 saturated carbocycles. The Kier molecular flexibility index (Phi) is 5.90. The first kappa shape index (κ1) is 20.1. The van der Waals surface area contributed by atoms with Crippen molar-refractivity contribution in [3.63, 3.8) is 0 Å². The van der Waals surface area contributed by atoms with Gasteiger partial charge in [0.25, 0.3) is 5.91 Å². The third kappa shape index (κ3) is 4.54. The molecule has 1 amide bonds. The number of nitrogens with zero attached hydrogens (tertiary/aromatic N) is 5. The van der Waals surface area contributed by atoms with Crippen molar-refractivity contribution in [3.05, 3.63) is 90.1 Å². The lowest BCUT2D eigenvalue weighted by Crippen LogP contribution is -2.33. The predicted octanol–water partition coefficient (Wildman–Crippen LogP) is 4.39. The minimum Gasteiger partial charge on any atom is -0.463 e. The molecule has 7 heteroatoms. The molecule has 0 aliphatic carbocycles. The molecule has 7 nitrogen and oxygen atoms in total. The van der Waals surface area contributed by atoms with Gasteiger partial charge in [-0.3, -0.25) is 9.78 Å². The first-order valence-electron chi connectivity index (χ1n) is 9.92. The van der Waals surface area contributed by atoms with Crippen LogP contribution >= 0.6 is 0 Å². The number of aryl methyl sites for hydroxylation is 1. The maximum atomic E-state index is 13.6. The first-order chi connectivity index (χ1) is 15.2. The van der Waals surface area contributed by atoms with Crippen LogP contribution in [-0.2, 0) is 6.54 Å². The maximum absolute atomic E-state index is 13.6. The van der Waals surface area contributed by atoms with Crippen LogP contribution in [0.2, 0.25) is 0 Å². The summed E-state index contributed by atoms with van der Waals surface area (Å²) in [5.41, 5.74) is 3.70. The van der Waals surface area contributed by atoms with Gasteiger partial charge in [0.1, 0.15) is 11.4 Å². The van der Waals surface area contributed by atoms with Crippen molar-refractivity contribution < 1.29 is 9.21 Å². The minimum absolute atomic E-state index is 0.217. The lowest BCUT2D eigenvalue weighted by atomic mass is 10.2.